The lowest BCUT2D eigenvalue weighted by Crippen LogP contribution is -2.31. The van der Waals surface area contributed by atoms with Crippen molar-refractivity contribution >= 4 is 11.5 Å². The van der Waals surface area contributed by atoms with Gasteiger partial charge >= 0.3 is 17.7 Å². The Morgan fingerprint density at radius 3 is 2.50 bits per heavy atom. The summed E-state index contributed by atoms with van der Waals surface area (Å²) in [4.78, 5) is 20.3. The van der Waals surface area contributed by atoms with Gasteiger partial charge in [0.2, 0.25) is 11.7 Å². The number of alkyl halides is 3. The van der Waals surface area contributed by atoms with Gasteiger partial charge in [0.25, 0.3) is 0 Å². The van der Waals surface area contributed by atoms with Gasteiger partial charge in [-0.1, -0.05) is 0 Å². The van der Waals surface area contributed by atoms with Crippen LogP contribution in [0.3, 0.4) is 0 Å². The second-order valence-electron chi connectivity index (χ2n) is 5.75. The molecule has 2 aromatic rings. The average molecular weight is 372 g/mol. The second-order valence-corrected chi connectivity index (χ2v) is 5.75. The van der Waals surface area contributed by atoms with Gasteiger partial charge in [0.1, 0.15) is 6.33 Å². The highest BCUT2D eigenvalue weighted by Gasteiger charge is 2.36. The maximum Gasteiger partial charge on any atom is 0.435 e. The molecular weight excluding hydrogens is 357 g/mol. The monoisotopic (exact) mass is 372 g/mol. The molecule has 1 fully saturated rings. The van der Waals surface area contributed by atoms with E-state index in [0.717, 1.165) is 30.3 Å². The highest BCUT2D eigenvalue weighted by Crippen LogP contribution is 2.38. The summed E-state index contributed by atoms with van der Waals surface area (Å²) in [5.41, 5.74) is -1.65. The molecule has 0 radical (unpaired) electrons. The first-order chi connectivity index (χ1) is 12.3. The number of aromatic nitrogens is 4. The molecule has 2 aromatic heterocycles. The van der Waals surface area contributed by atoms with Gasteiger partial charge in [-0.25, -0.2) is 9.67 Å². The van der Waals surface area contributed by atoms with Crippen LogP contribution >= 0.6 is 0 Å². The lowest BCUT2D eigenvalue weighted by atomic mass is 10.1. The van der Waals surface area contributed by atoms with E-state index in [1.54, 1.807) is 4.90 Å². The van der Waals surface area contributed by atoms with Crippen molar-refractivity contribution in [2.45, 2.75) is 25.4 Å². The van der Waals surface area contributed by atoms with Crippen LogP contribution in [0.25, 0.3) is 0 Å². The molecule has 3 rings (SSSR count). The molecule has 9 nitrogen and oxygen atoms in total. The standard InChI is InChI=1S/C14H15F3N6O3/c1-21-10(7-9(20-21)14(15,16)17)26-13-11(23(24)25)12(18-8-19-13)22-5-3-2-4-6-22/h7-8H,2-6H2,1H3. The summed E-state index contributed by atoms with van der Waals surface area (Å²) in [5.74, 6) is -0.649. The molecule has 0 bridgehead atoms. The summed E-state index contributed by atoms with van der Waals surface area (Å²) in [6, 6.07) is 0.659. The molecule has 0 aliphatic carbocycles. The fourth-order valence-electron chi connectivity index (χ4n) is 2.71. The fraction of sp³-hybridized carbons (Fsp3) is 0.500. The van der Waals surface area contributed by atoms with Crippen LogP contribution in [0.15, 0.2) is 12.4 Å². The van der Waals surface area contributed by atoms with E-state index in [1.165, 1.54) is 7.05 Å². The van der Waals surface area contributed by atoms with Crippen molar-refractivity contribution in [2.75, 3.05) is 18.0 Å². The molecule has 3 heterocycles. The Morgan fingerprint density at radius 1 is 1.23 bits per heavy atom. The molecule has 0 amide bonds. The molecule has 1 aliphatic rings. The van der Waals surface area contributed by atoms with Gasteiger partial charge in [-0.15, -0.1) is 0 Å². The Morgan fingerprint density at radius 2 is 1.92 bits per heavy atom. The fourth-order valence-corrected chi connectivity index (χ4v) is 2.71. The summed E-state index contributed by atoms with van der Waals surface area (Å²) in [7, 11) is 1.24. The van der Waals surface area contributed by atoms with E-state index < -0.39 is 28.4 Å². The number of anilines is 1. The van der Waals surface area contributed by atoms with Crippen molar-refractivity contribution in [1.29, 1.82) is 0 Å². The molecule has 0 aromatic carbocycles. The van der Waals surface area contributed by atoms with Crippen LogP contribution in [-0.4, -0.2) is 37.8 Å². The molecule has 0 saturated carbocycles. The normalized spacial score (nSPS) is 15.2. The number of hydrogen-bond donors (Lipinski definition) is 0. The van der Waals surface area contributed by atoms with Gasteiger partial charge in [0, 0.05) is 26.2 Å². The molecule has 140 valence electrons. The zero-order valence-corrected chi connectivity index (χ0v) is 13.7. The highest BCUT2D eigenvalue weighted by atomic mass is 19.4. The summed E-state index contributed by atoms with van der Waals surface area (Å²) >= 11 is 0. The molecule has 0 N–H and O–H groups in total. The number of piperidine rings is 1. The van der Waals surface area contributed by atoms with Crippen LogP contribution in [0, 0.1) is 10.1 Å². The highest BCUT2D eigenvalue weighted by molar-refractivity contribution is 5.63. The van der Waals surface area contributed by atoms with Crippen LogP contribution in [0.5, 0.6) is 11.8 Å². The minimum absolute atomic E-state index is 0.0953. The van der Waals surface area contributed by atoms with Crippen molar-refractivity contribution in [1.82, 2.24) is 19.7 Å². The first kappa shape index (κ1) is 17.9. The van der Waals surface area contributed by atoms with Gasteiger partial charge < -0.3 is 9.64 Å². The van der Waals surface area contributed by atoms with Crippen molar-refractivity contribution in [3.05, 3.63) is 28.2 Å². The second kappa shape index (κ2) is 6.77. The van der Waals surface area contributed by atoms with E-state index in [1.807, 2.05) is 0 Å². The van der Waals surface area contributed by atoms with Gasteiger partial charge in [0.15, 0.2) is 5.69 Å². The van der Waals surface area contributed by atoms with E-state index in [9.17, 15) is 23.3 Å². The van der Waals surface area contributed by atoms with E-state index >= 15 is 0 Å². The molecule has 12 heteroatoms. The lowest BCUT2D eigenvalue weighted by molar-refractivity contribution is -0.385. The van der Waals surface area contributed by atoms with Crippen molar-refractivity contribution in [2.24, 2.45) is 7.05 Å². The van der Waals surface area contributed by atoms with Crippen molar-refractivity contribution < 1.29 is 22.8 Å². The number of nitro groups is 1. The molecule has 0 atom stereocenters. The molecule has 0 spiro atoms. The van der Waals surface area contributed by atoms with Gasteiger partial charge in [-0.3, -0.25) is 10.1 Å². The van der Waals surface area contributed by atoms with Gasteiger partial charge in [-0.2, -0.15) is 23.3 Å². The van der Waals surface area contributed by atoms with E-state index in [2.05, 4.69) is 15.1 Å². The lowest BCUT2D eigenvalue weighted by Gasteiger charge is -2.27. The van der Waals surface area contributed by atoms with Crippen LogP contribution < -0.4 is 9.64 Å². The topological polar surface area (TPSA) is 99.2 Å². The van der Waals surface area contributed by atoms with Crippen LogP contribution in [0.4, 0.5) is 24.7 Å². The van der Waals surface area contributed by atoms with Crippen molar-refractivity contribution in [3.8, 4) is 11.8 Å². The summed E-state index contributed by atoms with van der Waals surface area (Å²) in [5, 5.41) is 14.8. The summed E-state index contributed by atoms with van der Waals surface area (Å²) < 4.78 is 44.4. The average Bonchev–Trinajstić information content (AvgIpc) is 2.96. The smallest absolute Gasteiger partial charge is 0.415 e. The van der Waals surface area contributed by atoms with E-state index in [-0.39, 0.29) is 11.7 Å². The zero-order valence-electron chi connectivity index (χ0n) is 13.7. The van der Waals surface area contributed by atoms with Crippen LogP contribution in [-0.2, 0) is 13.2 Å². The summed E-state index contributed by atoms with van der Waals surface area (Å²) in [6.45, 7) is 1.20. The number of aryl methyl sites for hydroxylation is 1. The quantitative estimate of drug-likeness (QED) is 0.601. The molecule has 0 unspecified atom stereocenters. The first-order valence-corrected chi connectivity index (χ1v) is 7.81. The Hall–Kier alpha value is -2.92. The number of nitrogens with zero attached hydrogens (tertiary/aromatic N) is 6. The summed E-state index contributed by atoms with van der Waals surface area (Å²) in [6.07, 6.45) is -0.806. The maximum atomic E-state index is 12.8. The predicted octanol–water partition coefficient (Wildman–Crippen LogP) is 2.92. The van der Waals surface area contributed by atoms with E-state index in [0.29, 0.717) is 19.2 Å². The first-order valence-electron chi connectivity index (χ1n) is 7.81. The minimum atomic E-state index is -4.66. The zero-order chi connectivity index (χ0) is 18.9. The molecule has 26 heavy (non-hydrogen) atoms. The number of ether oxygens (including phenoxy) is 1. The Balaban J connectivity index is 1.98. The number of hydrogen-bond acceptors (Lipinski definition) is 7. The molecule has 1 saturated heterocycles. The third-order valence-corrected chi connectivity index (χ3v) is 3.94. The molecular formula is C14H15F3N6O3. The maximum absolute atomic E-state index is 12.8. The Kier molecular flexibility index (Phi) is 4.66. The minimum Gasteiger partial charge on any atom is -0.415 e. The number of rotatable bonds is 4. The largest absolute Gasteiger partial charge is 0.435 e. The van der Waals surface area contributed by atoms with E-state index in [4.69, 9.17) is 4.74 Å². The van der Waals surface area contributed by atoms with Crippen molar-refractivity contribution in [3.63, 3.8) is 0 Å². The van der Waals surface area contributed by atoms with Crippen LogP contribution in [0.2, 0.25) is 0 Å². The molecule has 1 aliphatic heterocycles. The Labute approximate surface area is 145 Å². The van der Waals surface area contributed by atoms with Crippen LogP contribution in [0.1, 0.15) is 25.0 Å². The van der Waals surface area contributed by atoms with Gasteiger partial charge in [0.05, 0.1) is 4.92 Å². The third kappa shape index (κ3) is 3.53. The third-order valence-electron chi connectivity index (χ3n) is 3.94. The predicted molar refractivity (Wildman–Crippen MR) is 83.0 cm³/mol. The Bertz CT molecular complexity index is 817. The SMILES string of the molecule is Cn1nc(C(F)(F)F)cc1Oc1ncnc(N2CCCCC2)c1[N+](=O)[O-]. The number of halogens is 3. The van der Waals surface area contributed by atoms with Gasteiger partial charge in [-0.05, 0) is 19.3 Å².